The summed E-state index contributed by atoms with van der Waals surface area (Å²) < 4.78 is 93.3. The molecule has 0 radical (unpaired) electrons. The zero-order valence-electron chi connectivity index (χ0n) is 9.32. The van der Waals surface area contributed by atoms with Gasteiger partial charge in [0.1, 0.15) is 5.56 Å². The molecular weight excluding hydrogens is 315 g/mol. The monoisotopic (exact) mass is 315 g/mol. The molecule has 1 unspecified atom stereocenters. The Bertz CT molecular complexity index is 745. The van der Waals surface area contributed by atoms with Crippen LogP contribution in [0.3, 0.4) is 0 Å². The zero-order valence-corrected chi connectivity index (χ0v) is 9.32. The van der Waals surface area contributed by atoms with Crippen LogP contribution in [0.5, 0.6) is 0 Å². The highest BCUT2D eigenvalue weighted by Crippen LogP contribution is 2.46. The molecule has 1 aromatic carbocycles. The van der Waals surface area contributed by atoms with Crippen LogP contribution in [0.1, 0.15) is 15.9 Å². The van der Waals surface area contributed by atoms with Crippen LogP contribution < -0.4 is 0 Å². The summed E-state index contributed by atoms with van der Waals surface area (Å²) in [7, 11) is 0. The van der Waals surface area contributed by atoms with E-state index in [1.807, 2.05) is 0 Å². The Labute approximate surface area is 109 Å². The Balaban J connectivity index is 3.08. The standard InChI is InChI=1S/C10F7NO3/c11-3-1-2(4(12)6(14)5(3)13)10(17,18(20)21)9(16)7(15)8(1)19. The zero-order chi connectivity index (χ0) is 16.3. The lowest BCUT2D eigenvalue weighted by Crippen LogP contribution is -2.39. The highest BCUT2D eigenvalue weighted by atomic mass is 19.2. The van der Waals surface area contributed by atoms with Crippen LogP contribution in [-0.2, 0) is 5.79 Å². The fourth-order valence-electron chi connectivity index (χ4n) is 1.79. The van der Waals surface area contributed by atoms with E-state index in [1.165, 1.54) is 0 Å². The molecule has 0 fully saturated rings. The van der Waals surface area contributed by atoms with Crippen LogP contribution in [0.2, 0.25) is 0 Å². The summed E-state index contributed by atoms with van der Waals surface area (Å²) in [4.78, 5) is 19.5. The number of alkyl halides is 1. The van der Waals surface area contributed by atoms with E-state index >= 15 is 0 Å². The predicted octanol–water partition coefficient (Wildman–Crippen LogP) is 2.99. The van der Waals surface area contributed by atoms with Crippen molar-refractivity contribution < 1.29 is 40.5 Å². The first-order chi connectivity index (χ1) is 9.56. The number of hydrogen-bond acceptors (Lipinski definition) is 3. The van der Waals surface area contributed by atoms with Crippen molar-refractivity contribution in [2.75, 3.05) is 0 Å². The highest BCUT2D eigenvalue weighted by molar-refractivity contribution is 6.10. The quantitative estimate of drug-likeness (QED) is 0.200. The van der Waals surface area contributed by atoms with Crippen LogP contribution in [0.25, 0.3) is 0 Å². The van der Waals surface area contributed by atoms with Crippen molar-refractivity contribution in [3.8, 4) is 0 Å². The van der Waals surface area contributed by atoms with Crippen LogP contribution in [0.4, 0.5) is 30.7 Å². The topological polar surface area (TPSA) is 60.2 Å². The maximum Gasteiger partial charge on any atom is 0.443 e. The first kappa shape index (κ1) is 14.9. The average molecular weight is 315 g/mol. The second-order valence-corrected chi connectivity index (χ2v) is 3.84. The molecule has 0 bridgehead atoms. The minimum Gasteiger partial charge on any atom is -0.286 e. The van der Waals surface area contributed by atoms with Crippen molar-refractivity contribution in [1.82, 2.24) is 0 Å². The minimum atomic E-state index is -4.90. The van der Waals surface area contributed by atoms with Gasteiger partial charge in [0, 0.05) is 0 Å². The largest absolute Gasteiger partial charge is 0.443 e. The van der Waals surface area contributed by atoms with Gasteiger partial charge in [-0.05, 0) is 0 Å². The number of allylic oxidation sites excluding steroid dienone is 1. The molecule has 0 saturated carbocycles. The van der Waals surface area contributed by atoms with Crippen LogP contribution >= 0.6 is 0 Å². The van der Waals surface area contributed by atoms with Crippen LogP contribution in [0, 0.1) is 33.4 Å². The Morgan fingerprint density at radius 2 is 1.38 bits per heavy atom. The Kier molecular flexibility index (Phi) is 3.03. The number of Topliss-reactive ketones (excluding diaryl/α,β-unsaturated/α-hetero) is 1. The second-order valence-electron chi connectivity index (χ2n) is 3.84. The van der Waals surface area contributed by atoms with Gasteiger partial charge in [-0.25, -0.2) is 17.6 Å². The number of nitrogens with zero attached hydrogens (tertiary/aromatic N) is 1. The lowest BCUT2D eigenvalue weighted by molar-refractivity contribution is -0.607. The third kappa shape index (κ3) is 1.59. The van der Waals surface area contributed by atoms with Gasteiger partial charge in [0.2, 0.25) is 11.6 Å². The normalized spacial score (nSPS) is 21.6. The number of carbonyl (C=O) groups is 1. The molecule has 112 valence electrons. The van der Waals surface area contributed by atoms with Crippen molar-refractivity contribution in [3.63, 3.8) is 0 Å². The predicted molar refractivity (Wildman–Crippen MR) is 49.6 cm³/mol. The molecule has 1 aromatic rings. The van der Waals surface area contributed by atoms with Crippen molar-refractivity contribution in [3.05, 3.63) is 56.2 Å². The fraction of sp³-hybridized carbons (Fsp3) is 0.100. The SMILES string of the molecule is O=C1C(F)=C(F)C(F)([N+](=O)[O-])c2c(F)c(F)c(F)c(F)c21. The Morgan fingerprint density at radius 1 is 0.905 bits per heavy atom. The van der Waals surface area contributed by atoms with Crippen molar-refractivity contribution in [2.45, 2.75) is 5.79 Å². The van der Waals surface area contributed by atoms with E-state index in [9.17, 15) is 45.6 Å². The maximum atomic E-state index is 14.0. The van der Waals surface area contributed by atoms with E-state index in [0.29, 0.717) is 0 Å². The molecule has 0 N–H and O–H groups in total. The van der Waals surface area contributed by atoms with Gasteiger partial charge in [-0.1, -0.05) is 0 Å². The van der Waals surface area contributed by atoms with Gasteiger partial charge in [-0.3, -0.25) is 14.9 Å². The smallest absolute Gasteiger partial charge is 0.286 e. The first-order valence-corrected chi connectivity index (χ1v) is 4.87. The van der Waals surface area contributed by atoms with Crippen LogP contribution in [-0.4, -0.2) is 10.7 Å². The van der Waals surface area contributed by atoms with E-state index in [0.717, 1.165) is 0 Å². The van der Waals surface area contributed by atoms with Crippen LogP contribution in [0.15, 0.2) is 11.7 Å². The molecule has 1 aliphatic rings. The molecule has 0 saturated heterocycles. The molecule has 11 heteroatoms. The van der Waals surface area contributed by atoms with Crippen molar-refractivity contribution >= 4 is 5.78 Å². The Hall–Kier alpha value is -2.46. The molecule has 21 heavy (non-hydrogen) atoms. The molecule has 0 heterocycles. The number of hydrogen-bond donors (Lipinski definition) is 0. The van der Waals surface area contributed by atoms with E-state index in [2.05, 4.69) is 0 Å². The molecule has 1 atom stereocenters. The number of carbonyl (C=O) groups excluding carboxylic acids is 1. The molecule has 1 aliphatic carbocycles. The maximum absolute atomic E-state index is 14.0. The lowest BCUT2D eigenvalue weighted by atomic mass is 9.87. The molecule has 0 aromatic heterocycles. The minimum absolute atomic E-state index is 2.12. The number of rotatable bonds is 1. The summed E-state index contributed by atoms with van der Waals surface area (Å²) in [5, 5.41) is 10.5. The Morgan fingerprint density at radius 3 is 1.86 bits per heavy atom. The van der Waals surface area contributed by atoms with Crippen molar-refractivity contribution in [1.29, 1.82) is 0 Å². The summed E-state index contributed by atoms with van der Waals surface area (Å²) in [6.45, 7) is 0. The van der Waals surface area contributed by atoms with Crippen molar-refractivity contribution in [2.24, 2.45) is 0 Å². The number of fused-ring (bicyclic) bond motifs is 1. The molecule has 0 aliphatic heterocycles. The summed E-state index contributed by atoms with van der Waals surface area (Å²) in [5.74, 6) is -23.6. The van der Waals surface area contributed by atoms with Gasteiger partial charge in [0.25, 0.3) is 5.83 Å². The van der Waals surface area contributed by atoms with Gasteiger partial charge in [0.15, 0.2) is 23.3 Å². The third-order valence-corrected chi connectivity index (χ3v) is 2.76. The van der Waals surface area contributed by atoms with Gasteiger partial charge in [-0.15, -0.1) is 0 Å². The van der Waals surface area contributed by atoms with Gasteiger partial charge in [-0.2, -0.15) is 13.2 Å². The molecular formula is C10F7NO3. The number of ketones is 1. The van der Waals surface area contributed by atoms with Gasteiger partial charge in [0.05, 0.1) is 10.5 Å². The van der Waals surface area contributed by atoms with E-state index in [4.69, 9.17) is 0 Å². The number of halogens is 7. The number of benzene rings is 1. The summed E-state index contributed by atoms with van der Waals surface area (Å²) in [6.07, 6.45) is 0. The molecule has 2 rings (SSSR count). The fourth-order valence-corrected chi connectivity index (χ4v) is 1.79. The third-order valence-electron chi connectivity index (χ3n) is 2.76. The number of nitro groups is 1. The molecule has 0 spiro atoms. The summed E-state index contributed by atoms with van der Waals surface area (Å²) >= 11 is 0. The van der Waals surface area contributed by atoms with E-state index in [1.54, 1.807) is 0 Å². The van der Waals surface area contributed by atoms with Gasteiger partial charge >= 0.3 is 5.79 Å². The van der Waals surface area contributed by atoms with E-state index in [-0.39, 0.29) is 0 Å². The first-order valence-electron chi connectivity index (χ1n) is 4.87. The van der Waals surface area contributed by atoms with E-state index < -0.39 is 62.5 Å². The summed E-state index contributed by atoms with van der Waals surface area (Å²) in [6, 6.07) is 0. The molecule has 0 amide bonds. The molecule has 4 nitrogen and oxygen atoms in total. The lowest BCUT2D eigenvalue weighted by Gasteiger charge is -2.23. The second kappa shape index (κ2) is 4.27. The van der Waals surface area contributed by atoms with Gasteiger partial charge < -0.3 is 0 Å². The highest BCUT2D eigenvalue weighted by Gasteiger charge is 2.62. The summed E-state index contributed by atoms with van der Waals surface area (Å²) in [5.41, 5.74) is -4.49. The average Bonchev–Trinajstić information content (AvgIpc) is 2.43.